The molecule has 0 aliphatic carbocycles. The standard InChI is InChI=1S/C54H35N3/c1-2-14-36(15-3-1)37-16-12-17-38(32-37)39-18-13-19-40(33-39)57-51-26-10-6-22-45(51)47-30-28-42(35-54(47)57)56-52-27-11-7-23-46(52)48-34-41(29-31-53(48)56)55-49-24-8-4-20-43(49)44-21-5-9-25-50(44)55/h1-35H/i4D,5D,6D,7D,8D,9D,10D,11D,20D,21D,22D,23D,24D,25D,26D,27D,28D,29D,30D,31D,34D,35D. The van der Waals surface area contributed by atoms with Crippen LogP contribution < -0.4 is 0 Å². The highest BCUT2D eigenvalue weighted by molar-refractivity contribution is 6.13. The summed E-state index contributed by atoms with van der Waals surface area (Å²) in [6, 6.07) is 7.40. The van der Waals surface area contributed by atoms with E-state index in [0.29, 0.717) is 5.56 Å². The third-order valence-electron chi connectivity index (χ3n) is 10.2. The van der Waals surface area contributed by atoms with E-state index < -0.39 is 188 Å². The molecule has 0 saturated heterocycles. The Morgan fingerprint density at radius 1 is 0.281 bits per heavy atom. The minimum atomic E-state index is -0.924. The number of rotatable bonds is 5. The van der Waals surface area contributed by atoms with Crippen molar-refractivity contribution in [2.24, 2.45) is 0 Å². The number of hydrogen-bond donors (Lipinski definition) is 0. The van der Waals surface area contributed by atoms with Crippen LogP contribution in [0.5, 0.6) is 0 Å². The first kappa shape index (κ1) is 17.0. The Morgan fingerprint density at radius 3 is 1.32 bits per heavy atom. The van der Waals surface area contributed by atoms with Crippen LogP contribution in [0.15, 0.2) is 212 Å². The highest BCUT2D eigenvalue weighted by Crippen LogP contribution is 2.39. The third-order valence-corrected chi connectivity index (χ3v) is 10.2. The van der Waals surface area contributed by atoms with Crippen molar-refractivity contribution >= 4 is 65.4 Å². The normalized spacial score (nSPS) is 17.3. The maximum atomic E-state index is 10.3. The number of fused-ring (bicyclic) bond motifs is 9. The molecule has 0 fully saturated rings. The summed E-state index contributed by atoms with van der Waals surface area (Å²) in [5.74, 6) is 0. The highest BCUT2D eigenvalue weighted by Gasteiger charge is 2.19. The molecule has 57 heavy (non-hydrogen) atoms. The van der Waals surface area contributed by atoms with Gasteiger partial charge in [0, 0.05) is 49.4 Å². The Morgan fingerprint density at radius 2 is 0.702 bits per heavy atom. The van der Waals surface area contributed by atoms with Crippen LogP contribution >= 0.6 is 0 Å². The first-order chi connectivity index (χ1) is 37.5. The van der Waals surface area contributed by atoms with E-state index in [9.17, 15) is 13.7 Å². The Bertz CT molecular complexity index is 4730. The van der Waals surface area contributed by atoms with Crippen LogP contribution in [-0.2, 0) is 0 Å². The highest BCUT2D eigenvalue weighted by atomic mass is 15.0. The molecule has 0 spiro atoms. The average Bonchev–Trinajstić information content (AvgIpc) is 4.21. The molecule has 266 valence electrons. The van der Waals surface area contributed by atoms with E-state index in [-0.39, 0.29) is 27.5 Å². The van der Waals surface area contributed by atoms with Gasteiger partial charge in [0.25, 0.3) is 0 Å². The number of aromatic nitrogens is 3. The molecule has 0 saturated carbocycles. The summed E-state index contributed by atoms with van der Waals surface area (Å²) in [5, 5.41) is -2.27. The summed E-state index contributed by atoms with van der Waals surface area (Å²) in [4.78, 5) is 0. The largest absolute Gasteiger partial charge is 0.309 e. The number of para-hydroxylation sites is 4. The van der Waals surface area contributed by atoms with Crippen LogP contribution in [-0.4, -0.2) is 13.7 Å². The molecule has 3 heteroatoms. The molecule has 0 radical (unpaired) electrons. The molecular weight excluding hydrogens is 691 g/mol. The maximum absolute atomic E-state index is 10.3. The maximum Gasteiger partial charge on any atom is 0.0667 e. The zero-order valence-corrected chi connectivity index (χ0v) is 29.3. The molecule has 0 N–H and O–H groups in total. The minimum Gasteiger partial charge on any atom is -0.309 e. The van der Waals surface area contributed by atoms with Gasteiger partial charge in [0.1, 0.15) is 0 Å². The van der Waals surface area contributed by atoms with Gasteiger partial charge in [-0.1, -0.05) is 139 Å². The van der Waals surface area contributed by atoms with Gasteiger partial charge in [0.2, 0.25) is 0 Å². The number of nitrogens with zero attached hydrogens (tertiary/aromatic N) is 3. The van der Waals surface area contributed by atoms with E-state index in [1.165, 1.54) is 4.57 Å². The number of hydrogen-bond acceptors (Lipinski definition) is 0. The molecule has 3 aromatic heterocycles. The molecule has 3 nitrogen and oxygen atoms in total. The second-order valence-electron chi connectivity index (χ2n) is 13.3. The van der Waals surface area contributed by atoms with Crippen LogP contribution in [0.4, 0.5) is 0 Å². The summed E-state index contributed by atoms with van der Waals surface area (Å²) in [5.41, 5.74) is -0.369. The van der Waals surface area contributed by atoms with Crippen LogP contribution in [0, 0.1) is 0 Å². The zero-order chi connectivity index (χ0) is 56.6. The van der Waals surface area contributed by atoms with E-state index in [0.717, 1.165) is 25.8 Å². The molecule has 12 aromatic rings. The van der Waals surface area contributed by atoms with Crippen molar-refractivity contribution in [1.82, 2.24) is 13.7 Å². The van der Waals surface area contributed by atoms with E-state index in [2.05, 4.69) is 0 Å². The summed E-state index contributed by atoms with van der Waals surface area (Å²) < 4.78 is 206. The van der Waals surface area contributed by atoms with Crippen molar-refractivity contribution in [3.05, 3.63) is 212 Å². The molecule has 9 aromatic carbocycles. The van der Waals surface area contributed by atoms with Gasteiger partial charge in [-0.05, 0) is 94.8 Å². The van der Waals surface area contributed by atoms with Gasteiger partial charge in [-0.15, -0.1) is 0 Å². The fourth-order valence-corrected chi connectivity index (χ4v) is 7.69. The van der Waals surface area contributed by atoms with Gasteiger partial charge in [-0.25, -0.2) is 0 Å². The van der Waals surface area contributed by atoms with Crippen LogP contribution in [0.25, 0.3) is 105 Å². The SMILES string of the molecule is [2H]c1c([2H])c([2H])c2c(c1[2H])c1c([2H])c([2H])c(-n3c4c([2H])c([2H])c([2H])c([2H])c4c4c([2H])c(-n5c6c([2H])c([2H])c([2H])c([2H])c6c6c([2H])c([2H])c([2H])c([2H])c65)c([2H])c([2H])c43)c([2H])c1n2-c1cccc(-c2cccc(-c3ccccc3)c2)c1. The molecule has 0 amide bonds. The van der Waals surface area contributed by atoms with Gasteiger partial charge in [-0.3, -0.25) is 0 Å². The monoisotopic (exact) mass is 747 g/mol. The first-order valence-electron chi connectivity index (χ1n) is 28.8. The predicted molar refractivity (Wildman–Crippen MR) is 240 cm³/mol. The van der Waals surface area contributed by atoms with Gasteiger partial charge >= 0.3 is 0 Å². The summed E-state index contributed by atoms with van der Waals surface area (Å²) in [6.07, 6.45) is 0. The third kappa shape index (κ3) is 4.86. The average molecular weight is 748 g/mol. The summed E-state index contributed by atoms with van der Waals surface area (Å²) in [7, 11) is 0. The number of benzene rings is 9. The van der Waals surface area contributed by atoms with Crippen molar-refractivity contribution < 1.29 is 30.2 Å². The lowest BCUT2D eigenvalue weighted by Crippen LogP contribution is -1.98. The van der Waals surface area contributed by atoms with Crippen molar-refractivity contribution in [1.29, 1.82) is 0 Å². The molecular formula is C54H35N3. The Hall–Kier alpha value is -7.62. The zero-order valence-electron chi connectivity index (χ0n) is 51.3. The van der Waals surface area contributed by atoms with E-state index >= 15 is 0 Å². The second kappa shape index (κ2) is 12.5. The van der Waals surface area contributed by atoms with Crippen LogP contribution in [0.3, 0.4) is 0 Å². The quantitative estimate of drug-likeness (QED) is 0.167. The van der Waals surface area contributed by atoms with Gasteiger partial charge in [0.05, 0.1) is 63.3 Å². The van der Waals surface area contributed by atoms with Gasteiger partial charge in [-0.2, -0.15) is 0 Å². The lowest BCUT2D eigenvalue weighted by Gasteiger charge is -2.13. The lowest BCUT2D eigenvalue weighted by molar-refractivity contribution is 1.15. The van der Waals surface area contributed by atoms with Crippen LogP contribution in [0.1, 0.15) is 30.2 Å². The molecule has 3 heterocycles. The van der Waals surface area contributed by atoms with Crippen LogP contribution in [0.2, 0.25) is 0 Å². The second-order valence-corrected chi connectivity index (χ2v) is 13.3. The molecule has 12 rings (SSSR count). The van der Waals surface area contributed by atoms with E-state index in [4.69, 9.17) is 16.4 Å². The molecule has 0 aliphatic heterocycles. The van der Waals surface area contributed by atoms with Gasteiger partial charge < -0.3 is 13.7 Å². The van der Waals surface area contributed by atoms with Crippen molar-refractivity contribution in [2.75, 3.05) is 0 Å². The molecule has 0 unspecified atom stereocenters. The molecule has 0 bridgehead atoms. The van der Waals surface area contributed by atoms with E-state index in [1.54, 1.807) is 18.2 Å². The van der Waals surface area contributed by atoms with Crippen molar-refractivity contribution in [3.8, 4) is 39.3 Å². The smallest absolute Gasteiger partial charge is 0.0667 e. The Labute approximate surface area is 360 Å². The fraction of sp³-hybridized carbons (Fsp3) is 0. The molecule has 0 atom stereocenters. The summed E-state index contributed by atoms with van der Waals surface area (Å²) in [6.45, 7) is 0. The van der Waals surface area contributed by atoms with Crippen molar-refractivity contribution in [2.45, 2.75) is 0 Å². The summed E-state index contributed by atoms with van der Waals surface area (Å²) >= 11 is 0. The predicted octanol–water partition coefficient (Wildman–Crippen LogP) is 14.3. The van der Waals surface area contributed by atoms with Gasteiger partial charge in [0.15, 0.2) is 0 Å². The Kier molecular flexibility index (Phi) is 3.72. The fourth-order valence-electron chi connectivity index (χ4n) is 7.69. The lowest BCUT2D eigenvalue weighted by atomic mass is 9.99. The van der Waals surface area contributed by atoms with Crippen molar-refractivity contribution in [3.63, 3.8) is 0 Å². The minimum absolute atomic E-state index is 0.172. The molecule has 0 aliphatic rings. The Balaban J connectivity index is 1.26. The first-order valence-corrected chi connectivity index (χ1v) is 17.8. The topological polar surface area (TPSA) is 14.8 Å². The van der Waals surface area contributed by atoms with E-state index in [1.807, 2.05) is 60.7 Å².